The molecule has 1 heterocycles. The van der Waals surface area contributed by atoms with Crippen LogP contribution in [0.3, 0.4) is 0 Å². The van der Waals surface area contributed by atoms with E-state index in [9.17, 15) is 9.59 Å². The molecule has 3 aromatic rings. The molecule has 0 unspecified atom stereocenters. The van der Waals surface area contributed by atoms with E-state index in [1.165, 1.54) is 6.07 Å². The highest BCUT2D eigenvalue weighted by atomic mass is 16.5. The van der Waals surface area contributed by atoms with Gasteiger partial charge < -0.3 is 24.6 Å². The van der Waals surface area contributed by atoms with Crippen molar-refractivity contribution in [3.63, 3.8) is 0 Å². The number of ether oxygens (including phenoxy) is 2. The summed E-state index contributed by atoms with van der Waals surface area (Å²) in [5.41, 5.74) is 0.922. The highest BCUT2D eigenvalue weighted by Gasteiger charge is 2.14. The maximum atomic E-state index is 12.1. The van der Waals surface area contributed by atoms with Gasteiger partial charge in [-0.15, -0.1) is 0 Å². The topological polar surface area (TPSA) is 103 Å². The largest absolute Gasteiger partial charge is 0.497 e. The third-order valence-corrected chi connectivity index (χ3v) is 3.94. The van der Waals surface area contributed by atoms with Crippen molar-refractivity contribution in [3.8, 4) is 22.8 Å². The van der Waals surface area contributed by atoms with Crippen LogP contribution in [0.25, 0.3) is 11.3 Å². The summed E-state index contributed by atoms with van der Waals surface area (Å²) in [5, 5.41) is 8.92. The van der Waals surface area contributed by atoms with Crippen LogP contribution in [0.5, 0.6) is 11.5 Å². The number of amides is 2. The number of methoxy groups -OCH3 is 1. The summed E-state index contributed by atoms with van der Waals surface area (Å²) in [6, 6.07) is 18.0. The fraction of sp³-hybridized carbons (Fsp3) is 0.190. The molecule has 3 rings (SSSR count). The molecular formula is C21H21N3O5. The van der Waals surface area contributed by atoms with E-state index in [2.05, 4.69) is 15.8 Å². The lowest BCUT2D eigenvalue weighted by atomic mass is 10.1. The number of rotatable bonds is 9. The molecule has 8 nitrogen and oxygen atoms in total. The maximum Gasteiger partial charge on any atom is 0.273 e. The van der Waals surface area contributed by atoms with Gasteiger partial charge in [-0.1, -0.05) is 41.6 Å². The second-order valence-electron chi connectivity index (χ2n) is 6.00. The van der Waals surface area contributed by atoms with E-state index >= 15 is 0 Å². The predicted molar refractivity (Wildman–Crippen MR) is 106 cm³/mol. The summed E-state index contributed by atoms with van der Waals surface area (Å²) in [6.07, 6.45) is 0. The zero-order chi connectivity index (χ0) is 20.5. The van der Waals surface area contributed by atoms with Crippen LogP contribution < -0.4 is 20.1 Å². The molecule has 150 valence electrons. The summed E-state index contributed by atoms with van der Waals surface area (Å²) in [7, 11) is 1.58. The highest BCUT2D eigenvalue weighted by molar-refractivity contribution is 5.95. The number of nitrogens with zero attached hydrogens (tertiary/aromatic N) is 1. The van der Waals surface area contributed by atoms with Crippen LogP contribution in [0.4, 0.5) is 0 Å². The van der Waals surface area contributed by atoms with Crippen LogP contribution in [-0.4, -0.2) is 43.8 Å². The van der Waals surface area contributed by atoms with Gasteiger partial charge in [0.2, 0.25) is 5.91 Å². The minimum absolute atomic E-state index is 0.109. The third kappa shape index (κ3) is 5.83. The summed E-state index contributed by atoms with van der Waals surface area (Å²) in [6.45, 7) is 0.413. The Labute approximate surface area is 167 Å². The van der Waals surface area contributed by atoms with E-state index in [1.807, 2.05) is 42.5 Å². The molecule has 0 saturated heterocycles. The fourth-order valence-electron chi connectivity index (χ4n) is 2.48. The van der Waals surface area contributed by atoms with Crippen molar-refractivity contribution in [2.24, 2.45) is 0 Å². The Bertz CT molecular complexity index is 956. The molecule has 29 heavy (non-hydrogen) atoms. The van der Waals surface area contributed by atoms with Gasteiger partial charge in [0.25, 0.3) is 5.91 Å². The van der Waals surface area contributed by atoms with Crippen LogP contribution >= 0.6 is 0 Å². The van der Waals surface area contributed by atoms with Crippen molar-refractivity contribution in [1.82, 2.24) is 15.8 Å². The molecule has 0 fully saturated rings. The van der Waals surface area contributed by atoms with Gasteiger partial charge in [-0.25, -0.2) is 0 Å². The van der Waals surface area contributed by atoms with Gasteiger partial charge in [-0.05, 0) is 12.1 Å². The van der Waals surface area contributed by atoms with E-state index in [0.717, 1.165) is 5.56 Å². The van der Waals surface area contributed by atoms with Gasteiger partial charge in [0.1, 0.15) is 18.1 Å². The smallest absolute Gasteiger partial charge is 0.273 e. The molecular weight excluding hydrogens is 374 g/mol. The standard InChI is InChI=1S/C21H21N3O5/c1-27-16-8-5-9-17(12-16)28-11-10-22-20(25)14-23-21(26)18-13-19(29-24-18)15-6-3-2-4-7-15/h2-9,12-13H,10-11,14H2,1H3,(H,22,25)(H,23,26). The van der Waals surface area contributed by atoms with Crippen molar-refractivity contribution in [3.05, 3.63) is 66.4 Å². The highest BCUT2D eigenvalue weighted by Crippen LogP contribution is 2.20. The van der Waals surface area contributed by atoms with Crippen LogP contribution in [0.15, 0.2) is 65.2 Å². The molecule has 2 N–H and O–H groups in total. The number of hydrogen-bond acceptors (Lipinski definition) is 6. The molecule has 0 aliphatic heterocycles. The first kappa shape index (κ1) is 19.9. The third-order valence-electron chi connectivity index (χ3n) is 3.94. The first-order valence-electron chi connectivity index (χ1n) is 8.99. The number of nitrogens with one attached hydrogen (secondary N) is 2. The average Bonchev–Trinajstić information content (AvgIpc) is 3.26. The zero-order valence-corrected chi connectivity index (χ0v) is 15.9. The maximum absolute atomic E-state index is 12.1. The van der Waals surface area contributed by atoms with Gasteiger partial charge in [0.05, 0.1) is 20.2 Å². The summed E-state index contributed by atoms with van der Waals surface area (Å²) < 4.78 is 15.8. The molecule has 0 atom stereocenters. The van der Waals surface area contributed by atoms with Gasteiger partial charge in [-0.2, -0.15) is 0 Å². The summed E-state index contributed by atoms with van der Waals surface area (Å²) in [4.78, 5) is 24.0. The Morgan fingerprint density at radius 3 is 2.59 bits per heavy atom. The molecule has 8 heteroatoms. The Hall–Kier alpha value is -3.81. The minimum Gasteiger partial charge on any atom is -0.497 e. The van der Waals surface area contributed by atoms with Gasteiger partial charge in [0, 0.05) is 17.7 Å². The lowest BCUT2D eigenvalue weighted by molar-refractivity contribution is -0.120. The molecule has 0 aliphatic carbocycles. The molecule has 2 amide bonds. The quantitative estimate of drug-likeness (QED) is 0.539. The second kappa shape index (κ2) is 9.93. The van der Waals surface area contributed by atoms with Crippen molar-refractivity contribution >= 4 is 11.8 Å². The first-order valence-corrected chi connectivity index (χ1v) is 8.99. The van der Waals surface area contributed by atoms with E-state index in [1.54, 1.807) is 19.2 Å². The number of carbonyl (C=O) groups excluding carboxylic acids is 2. The lowest BCUT2D eigenvalue weighted by Gasteiger charge is -2.09. The van der Waals surface area contributed by atoms with Gasteiger partial charge in [-0.3, -0.25) is 9.59 Å². The number of carbonyl (C=O) groups is 2. The molecule has 0 saturated carbocycles. The summed E-state index contributed by atoms with van der Waals surface area (Å²) >= 11 is 0. The van der Waals surface area contributed by atoms with Gasteiger partial charge >= 0.3 is 0 Å². The van der Waals surface area contributed by atoms with Crippen LogP contribution in [0.1, 0.15) is 10.5 Å². The zero-order valence-electron chi connectivity index (χ0n) is 15.9. The van der Waals surface area contributed by atoms with E-state index < -0.39 is 5.91 Å². The van der Waals surface area contributed by atoms with Crippen molar-refractivity contribution in [2.75, 3.05) is 26.8 Å². The Morgan fingerprint density at radius 2 is 1.79 bits per heavy atom. The second-order valence-corrected chi connectivity index (χ2v) is 6.00. The molecule has 0 spiro atoms. The van der Waals surface area contributed by atoms with Gasteiger partial charge in [0.15, 0.2) is 11.5 Å². The fourth-order valence-corrected chi connectivity index (χ4v) is 2.48. The van der Waals surface area contributed by atoms with E-state index in [-0.39, 0.29) is 24.8 Å². The van der Waals surface area contributed by atoms with E-state index in [4.69, 9.17) is 14.0 Å². The van der Waals surface area contributed by atoms with Crippen molar-refractivity contribution in [2.45, 2.75) is 0 Å². The minimum atomic E-state index is -0.487. The lowest BCUT2D eigenvalue weighted by Crippen LogP contribution is -2.38. The summed E-state index contributed by atoms with van der Waals surface area (Å²) in [5.74, 6) is 0.998. The molecule has 2 aromatic carbocycles. The van der Waals surface area contributed by atoms with Crippen LogP contribution in [0, 0.1) is 0 Å². The molecule has 0 aliphatic rings. The van der Waals surface area contributed by atoms with Crippen LogP contribution in [0.2, 0.25) is 0 Å². The molecule has 0 radical (unpaired) electrons. The Balaban J connectivity index is 1.38. The predicted octanol–water partition coefficient (Wildman–Crippen LogP) is 2.28. The van der Waals surface area contributed by atoms with Crippen molar-refractivity contribution in [1.29, 1.82) is 0 Å². The number of aromatic nitrogens is 1. The monoisotopic (exact) mass is 395 g/mol. The Kier molecular flexibility index (Phi) is 6.83. The normalized spacial score (nSPS) is 10.2. The van der Waals surface area contributed by atoms with Crippen molar-refractivity contribution < 1.29 is 23.6 Å². The molecule has 1 aromatic heterocycles. The Morgan fingerprint density at radius 1 is 1.00 bits per heavy atom. The van der Waals surface area contributed by atoms with E-state index in [0.29, 0.717) is 23.8 Å². The number of benzene rings is 2. The molecule has 0 bridgehead atoms. The van der Waals surface area contributed by atoms with Crippen LogP contribution in [-0.2, 0) is 4.79 Å². The first-order chi connectivity index (χ1) is 14.2. The number of hydrogen-bond donors (Lipinski definition) is 2. The average molecular weight is 395 g/mol. The SMILES string of the molecule is COc1cccc(OCCNC(=O)CNC(=O)c2cc(-c3ccccc3)on2)c1.